The first-order chi connectivity index (χ1) is 9.66. The highest BCUT2D eigenvalue weighted by atomic mass is 16.4. The Kier molecular flexibility index (Phi) is 4.39. The highest BCUT2D eigenvalue weighted by Gasteiger charge is 2.12. The van der Waals surface area contributed by atoms with E-state index in [0.717, 1.165) is 0 Å². The average molecular weight is 271 g/mol. The fourth-order valence-electron chi connectivity index (χ4n) is 1.74. The monoisotopic (exact) mass is 271 g/mol. The lowest BCUT2D eigenvalue weighted by Gasteiger charge is -2.07. The number of nitrogens with one attached hydrogen (secondary N) is 1. The van der Waals surface area contributed by atoms with Crippen molar-refractivity contribution in [1.82, 2.24) is 15.5 Å². The molecule has 0 aliphatic heterocycles. The second-order valence-electron chi connectivity index (χ2n) is 4.13. The highest BCUT2D eigenvalue weighted by Crippen LogP contribution is 2.09. The summed E-state index contributed by atoms with van der Waals surface area (Å²) >= 11 is 0. The Morgan fingerprint density at radius 1 is 1.15 bits per heavy atom. The van der Waals surface area contributed by atoms with Gasteiger partial charge in [0, 0.05) is 6.20 Å². The molecular weight excluding hydrogens is 258 g/mol. The van der Waals surface area contributed by atoms with Crippen LogP contribution in [-0.4, -0.2) is 27.2 Å². The Labute approximate surface area is 115 Å². The Morgan fingerprint density at radius 3 is 2.65 bits per heavy atom. The number of amides is 1. The van der Waals surface area contributed by atoms with Crippen LogP contribution in [0.3, 0.4) is 0 Å². The van der Waals surface area contributed by atoms with E-state index in [1.54, 1.807) is 36.5 Å². The first-order valence-corrected chi connectivity index (χ1v) is 6.01. The smallest absolute Gasteiger partial charge is 0.335 e. The van der Waals surface area contributed by atoms with Gasteiger partial charge >= 0.3 is 5.97 Å². The fourth-order valence-corrected chi connectivity index (χ4v) is 1.74. The number of aromatic carboxylic acids is 1. The van der Waals surface area contributed by atoms with Gasteiger partial charge < -0.3 is 10.4 Å². The summed E-state index contributed by atoms with van der Waals surface area (Å²) in [6.45, 7) is 0.266. The maximum Gasteiger partial charge on any atom is 0.335 e. The minimum atomic E-state index is -1.04. The van der Waals surface area contributed by atoms with E-state index < -0.39 is 5.97 Å². The van der Waals surface area contributed by atoms with Gasteiger partial charge in [-0.25, -0.2) is 4.79 Å². The number of benzene rings is 1. The number of carbonyl (C=O) groups is 2. The van der Waals surface area contributed by atoms with Gasteiger partial charge in [0.1, 0.15) is 0 Å². The van der Waals surface area contributed by atoms with Crippen molar-refractivity contribution in [3.8, 4) is 0 Å². The summed E-state index contributed by atoms with van der Waals surface area (Å²) in [5.41, 5.74) is 1.27. The molecule has 0 aliphatic carbocycles. The molecule has 1 heterocycles. The number of carbonyl (C=O) groups excluding carboxylic acids is 1. The summed E-state index contributed by atoms with van der Waals surface area (Å²) in [7, 11) is 0. The zero-order valence-corrected chi connectivity index (χ0v) is 10.6. The van der Waals surface area contributed by atoms with Crippen LogP contribution in [0.2, 0.25) is 0 Å². The predicted molar refractivity (Wildman–Crippen MR) is 71.0 cm³/mol. The number of hydrogen-bond acceptors (Lipinski definition) is 4. The highest BCUT2D eigenvalue weighted by molar-refractivity contribution is 5.91. The first kappa shape index (κ1) is 13.7. The Bertz CT molecular complexity index is 614. The van der Waals surface area contributed by atoms with Gasteiger partial charge in [-0.3, -0.25) is 4.79 Å². The van der Waals surface area contributed by atoms with Gasteiger partial charge in [0.15, 0.2) is 0 Å². The molecule has 20 heavy (non-hydrogen) atoms. The second-order valence-corrected chi connectivity index (χ2v) is 4.13. The van der Waals surface area contributed by atoms with Crippen LogP contribution in [0, 0.1) is 0 Å². The quantitative estimate of drug-likeness (QED) is 0.847. The van der Waals surface area contributed by atoms with Crippen LogP contribution in [0.1, 0.15) is 21.6 Å². The summed E-state index contributed by atoms with van der Waals surface area (Å²) < 4.78 is 0. The van der Waals surface area contributed by atoms with Gasteiger partial charge in [-0.15, -0.1) is 0 Å². The molecule has 1 aromatic heterocycles. The molecule has 6 heteroatoms. The van der Waals surface area contributed by atoms with Crippen molar-refractivity contribution in [2.45, 2.75) is 13.0 Å². The van der Waals surface area contributed by atoms with Crippen molar-refractivity contribution in [2.75, 3.05) is 0 Å². The van der Waals surface area contributed by atoms with E-state index in [4.69, 9.17) is 5.11 Å². The molecule has 0 unspecified atom stereocenters. The van der Waals surface area contributed by atoms with E-state index in [-0.39, 0.29) is 24.4 Å². The fraction of sp³-hybridized carbons (Fsp3) is 0.143. The van der Waals surface area contributed by atoms with Gasteiger partial charge in [0.2, 0.25) is 5.91 Å². The molecular formula is C14H13N3O3. The summed E-state index contributed by atoms with van der Waals surface area (Å²) in [5.74, 6) is -1.30. The molecule has 6 nitrogen and oxygen atoms in total. The van der Waals surface area contributed by atoms with Crippen LogP contribution >= 0.6 is 0 Å². The number of carboxylic acid groups (broad SMARTS) is 1. The minimum absolute atomic E-state index is 0.0166. The van der Waals surface area contributed by atoms with Crippen molar-refractivity contribution in [1.29, 1.82) is 0 Å². The lowest BCUT2D eigenvalue weighted by molar-refractivity contribution is -0.120. The normalized spacial score (nSPS) is 10.0. The SMILES string of the molecule is O=C(Cc1ccccc1C(=O)O)NCc1cccnn1. The molecule has 1 aromatic carbocycles. The lowest BCUT2D eigenvalue weighted by atomic mass is 10.0. The number of rotatable bonds is 5. The van der Waals surface area contributed by atoms with Crippen LogP contribution in [0.15, 0.2) is 42.6 Å². The number of carboxylic acids is 1. The van der Waals surface area contributed by atoms with Gasteiger partial charge in [0.25, 0.3) is 0 Å². The van der Waals surface area contributed by atoms with Crippen molar-refractivity contribution in [2.24, 2.45) is 0 Å². The van der Waals surface area contributed by atoms with E-state index in [2.05, 4.69) is 15.5 Å². The van der Waals surface area contributed by atoms with Crippen LogP contribution in [0.25, 0.3) is 0 Å². The van der Waals surface area contributed by atoms with E-state index in [9.17, 15) is 9.59 Å². The molecule has 0 spiro atoms. The third-order valence-electron chi connectivity index (χ3n) is 2.69. The molecule has 2 rings (SSSR count). The van der Waals surface area contributed by atoms with Crippen LogP contribution in [0.4, 0.5) is 0 Å². The predicted octanol–water partition coefficient (Wildman–Crippen LogP) is 1.03. The van der Waals surface area contributed by atoms with Crippen molar-refractivity contribution >= 4 is 11.9 Å². The summed E-state index contributed by atoms with van der Waals surface area (Å²) in [5, 5.41) is 19.3. The molecule has 0 bridgehead atoms. The van der Waals surface area contributed by atoms with E-state index in [1.165, 1.54) is 6.07 Å². The second kappa shape index (κ2) is 6.42. The molecule has 2 N–H and O–H groups in total. The number of aromatic nitrogens is 2. The third kappa shape index (κ3) is 3.61. The standard InChI is InChI=1S/C14H13N3O3/c18-13(15-9-11-5-3-7-16-17-11)8-10-4-1-2-6-12(10)14(19)20/h1-7H,8-9H2,(H,15,18)(H,19,20). The molecule has 0 fully saturated rings. The van der Waals surface area contributed by atoms with Crippen molar-refractivity contribution < 1.29 is 14.7 Å². The molecule has 0 saturated carbocycles. The molecule has 102 valence electrons. The minimum Gasteiger partial charge on any atom is -0.478 e. The van der Waals surface area contributed by atoms with Crippen LogP contribution in [-0.2, 0) is 17.8 Å². The zero-order valence-electron chi connectivity index (χ0n) is 10.6. The van der Waals surface area contributed by atoms with Gasteiger partial charge in [-0.2, -0.15) is 10.2 Å². The molecule has 0 radical (unpaired) electrons. The number of hydrogen-bond donors (Lipinski definition) is 2. The molecule has 2 aromatic rings. The Hall–Kier alpha value is -2.76. The van der Waals surface area contributed by atoms with Gasteiger partial charge in [0.05, 0.1) is 24.2 Å². The lowest BCUT2D eigenvalue weighted by Crippen LogP contribution is -2.25. The van der Waals surface area contributed by atoms with Crippen molar-refractivity contribution in [3.05, 3.63) is 59.4 Å². The van der Waals surface area contributed by atoms with E-state index in [1.807, 2.05) is 0 Å². The third-order valence-corrected chi connectivity index (χ3v) is 2.69. The van der Waals surface area contributed by atoms with Gasteiger partial charge in [-0.05, 0) is 23.8 Å². The van der Waals surface area contributed by atoms with Gasteiger partial charge in [-0.1, -0.05) is 18.2 Å². The summed E-state index contributed by atoms with van der Waals surface area (Å²) in [6.07, 6.45) is 1.57. The maximum atomic E-state index is 11.8. The topological polar surface area (TPSA) is 92.2 Å². The Balaban J connectivity index is 1.97. The maximum absolute atomic E-state index is 11.8. The molecule has 0 saturated heterocycles. The molecule has 0 atom stereocenters. The first-order valence-electron chi connectivity index (χ1n) is 6.01. The zero-order chi connectivity index (χ0) is 14.4. The van der Waals surface area contributed by atoms with E-state index in [0.29, 0.717) is 11.3 Å². The van der Waals surface area contributed by atoms with Crippen LogP contribution in [0.5, 0.6) is 0 Å². The largest absolute Gasteiger partial charge is 0.478 e. The van der Waals surface area contributed by atoms with Crippen molar-refractivity contribution in [3.63, 3.8) is 0 Å². The average Bonchev–Trinajstić information content (AvgIpc) is 2.46. The summed E-state index contributed by atoms with van der Waals surface area (Å²) in [6, 6.07) is 9.92. The Morgan fingerprint density at radius 2 is 1.95 bits per heavy atom. The summed E-state index contributed by atoms with van der Waals surface area (Å²) in [4.78, 5) is 22.8. The molecule has 1 amide bonds. The molecule has 0 aliphatic rings. The van der Waals surface area contributed by atoms with E-state index >= 15 is 0 Å². The number of nitrogens with zero attached hydrogens (tertiary/aromatic N) is 2. The van der Waals surface area contributed by atoms with Crippen LogP contribution < -0.4 is 5.32 Å².